The standard InChI is InChI=1S/C12H14N4O4S/c1-8-2-4-9(5-3-8)21(19,20)12-11(13)16(15-14-12)7-6-10(17)18/h2-5H,6-7,13H2,1H3,(H,17,18). The van der Waals surface area contributed by atoms with E-state index in [1.54, 1.807) is 12.1 Å². The molecule has 0 radical (unpaired) electrons. The SMILES string of the molecule is Cc1ccc(S(=O)(=O)c2nnn(CCC(=O)O)c2N)cc1. The number of aliphatic carboxylic acids is 1. The Morgan fingerprint density at radius 2 is 1.95 bits per heavy atom. The van der Waals surface area contributed by atoms with Crippen LogP contribution < -0.4 is 5.73 Å². The van der Waals surface area contributed by atoms with Gasteiger partial charge in [-0.05, 0) is 19.1 Å². The molecule has 3 N–H and O–H groups in total. The van der Waals surface area contributed by atoms with Gasteiger partial charge in [-0.2, -0.15) is 0 Å². The van der Waals surface area contributed by atoms with E-state index in [0.717, 1.165) is 10.2 Å². The van der Waals surface area contributed by atoms with E-state index in [4.69, 9.17) is 10.8 Å². The van der Waals surface area contributed by atoms with Gasteiger partial charge >= 0.3 is 5.97 Å². The Balaban J connectivity index is 2.37. The van der Waals surface area contributed by atoms with Crippen molar-refractivity contribution in [3.05, 3.63) is 29.8 Å². The number of carboxylic acid groups (broad SMARTS) is 1. The highest BCUT2D eigenvalue weighted by molar-refractivity contribution is 7.91. The lowest BCUT2D eigenvalue weighted by Gasteiger charge is -2.04. The van der Waals surface area contributed by atoms with E-state index in [1.165, 1.54) is 12.1 Å². The molecule has 0 fully saturated rings. The van der Waals surface area contributed by atoms with Crippen LogP contribution in [0.2, 0.25) is 0 Å². The van der Waals surface area contributed by atoms with Crippen molar-refractivity contribution in [1.29, 1.82) is 0 Å². The van der Waals surface area contributed by atoms with E-state index in [1.807, 2.05) is 6.92 Å². The molecule has 21 heavy (non-hydrogen) atoms. The molecule has 0 amide bonds. The Labute approximate surface area is 121 Å². The molecule has 0 aliphatic rings. The van der Waals surface area contributed by atoms with Crippen LogP contribution in [0.25, 0.3) is 0 Å². The minimum absolute atomic E-state index is 0.0441. The van der Waals surface area contributed by atoms with Crippen LogP contribution in [0.15, 0.2) is 34.2 Å². The van der Waals surface area contributed by atoms with Crippen molar-refractivity contribution < 1.29 is 18.3 Å². The number of anilines is 1. The van der Waals surface area contributed by atoms with Crippen molar-refractivity contribution in [2.75, 3.05) is 5.73 Å². The van der Waals surface area contributed by atoms with Gasteiger partial charge in [0.15, 0.2) is 5.82 Å². The first kappa shape index (κ1) is 15.0. The zero-order valence-corrected chi connectivity index (χ0v) is 12.0. The molecule has 1 heterocycles. The fourth-order valence-electron chi connectivity index (χ4n) is 1.69. The van der Waals surface area contributed by atoms with Crippen molar-refractivity contribution in [3.8, 4) is 0 Å². The number of carbonyl (C=O) groups is 1. The number of benzene rings is 1. The first-order valence-electron chi connectivity index (χ1n) is 6.05. The van der Waals surface area contributed by atoms with Gasteiger partial charge in [0.05, 0.1) is 17.9 Å². The van der Waals surface area contributed by atoms with Gasteiger partial charge in [-0.1, -0.05) is 22.9 Å². The third-order valence-electron chi connectivity index (χ3n) is 2.86. The second-order valence-corrected chi connectivity index (χ2v) is 6.33. The van der Waals surface area contributed by atoms with Crippen LogP contribution in [0.5, 0.6) is 0 Å². The van der Waals surface area contributed by atoms with E-state index < -0.39 is 15.8 Å². The van der Waals surface area contributed by atoms with E-state index in [2.05, 4.69) is 10.3 Å². The van der Waals surface area contributed by atoms with Gasteiger partial charge in [-0.15, -0.1) is 5.10 Å². The molecule has 0 aliphatic carbocycles. The summed E-state index contributed by atoms with van der Waals surface area (Å²) in [7, 11) is -3.87. The van der Waals surface area contributed by atoms with E-state index in [9.17, 15) is 13.2 Å². The largest absolute Gasteiger partial charge is 0.481 e. The maximum atomic E-state index is 12.4. The Kier molecular flexibility index (Phi) is 3.94. The van der Waals surface area contributed by atoms with Gasteiger partial charge in [0.2, 0.25) is 14.9 Å². The molecule has 0 unspecified atom stereocenters. The van der Waals surface area contributed by atoms with Crippen LogP contribution in [-0.4, -0.2) is 34.5 Å². The molecule has 1 aromatic heterocycles. The molecule has 2 rings (SSSR count). The van der Waals surface area contributed by atoms with Crippen LogP contribution >= 0.6 is 0 Å². The highest BCUT2D eigenvalue weighted by Gasteiger charge is 2.26. The summed E-state index contributed by atoms with van der Waals surface area (Å²) in [6.45, 7) is 1.80. The first-order chi connectivity index (χ1) is 9.82. The molecule has 0 bridgehead atoms. The van der Waals surface area contributed by atoms with Crippen molar-refractivity contribution in [1.82, 2.24) is 15.0 Å². The minimum atomic E-state index is -3.87. The van der Waals surface area contributed by atoms with Gasteiger partial charge in [-0.3, -0.25) is 4.79 Å². The summed E-state index contributed by atoms with van der Waals surface area (Å²) in [5.41, 5.74) is 6.63. The predicted octanol–water partition coefficient (Wildman–Crippen LogP) is 0.476. The van der Waals surface area contributed by atoms with Crippen LogP contribution in [0, 0.1) is 6.92 Å². The van der Waals surface area contributed by atoms with Crippen LogP contribution in [0.1, 0.15) is 12.0 Å². The lowest BCUT2D eigenvalue weighted by Crippen LogP contribution is -2.11. The summed E-state index contributed by atoms with van der Waals surface area (Å²) in [5, 5.41) is 15.4. The quantitative estimate of drug-likeness (QED) is 0.821. The lowest BCUT2D eigenvalue weighted by atomic mass is 10.2. The topological polar surface area (TPSA) is 128 Å². The molecular formula is C12H14N4O4S. The first-order valence-corrected chi connectivity index (χ1v) is 7.53. The van der Waals surface area contributed by atoms with Gasteiger partial charge in [0, 0.05) is 0 Å². The van der Waals surface area contributed by atoms with Crippen molar-refractivity contribution >= 4 is 21.6 Å². The van der Waals surface area contributed by atoms with Gasteiger partial charge < -0.3 is 10.8 Å². The Morgan fingerprint density at radius 3 is 2.52 bits per heavy atom. The molecule has 0 aliphatic heterocycles. The summed E-state index contributed by atoms with van der Waals surface area (Å²) in [4.78, 5) is 10.6. The van der Waals surface area contributed by atoms with Crippen LogP contribution in [0.4, 0.5) is 5.82 Å². The van der Waals surface area contributed by atoms with Gasteiger partial charge in [0.25, 0.3) is 0 Å². The van der Waals surface area contributed by atoms with E-state index >= 15 is 0 Å². The maximum absolute atomic E-state index is 12.4. The third kappa shape index (κ3) is 3.02. The van der Waals surface area contributed by atoms with Crippen molar-refractivity contribution in [3.63, 3.8) is 0 Å². The number of carboxylic acids is 1. The van der Waals surface area contributed by atoms with Gasteiger partial charge in [0.1, 0.15) is 0 Å². The summed E-state index contributed by atoms with van der Waals surface area (Å²) in [5.74, 6) is -1.20. The number of nitrogens with two attached hydrogens (primary N) is 1. The zero-order chi connectivity index (χ0) is 15.6. The zero-order valence-electron chi connectivity index (χ0n) is 11.2. The van der Waals surface area contributed by atoms with Gasteiger partial charge in [-0.25, -0.2) is 13.1 Å². The molecule has 0 spiro atoms. The molecule has 112 valence electrons. The molecule has 8 nitrogen and oxygen atoms in total. The number of nitrogens with zero attached hydrogens (tertiary/aromatic N) is 3. The number of hydrogen-bond donors (Lipinski definition) is 2. The molecule has 1 aromatic carbocycles. The average Bonchev–Trinajstić information content (AvgIpc) is 2.79. The fraction of sp³-hybridized carbons (Fsp3) is 0.250. The van der Waals surface area contributed by atoms with Crippen LogP contribution in [-0.2, 0) is 21.2 Å². The number of sulfone groups is 1. The Bertz CT molecular complexity index is 765. The Hall–Kier alpha value is -2.42. The predicted molar refractivity (Wildman–Crippen MR) is 73.3 cm³/mol. The summed E-state index contributed by atoms with van der Waals surface area (Å²) in [6, 6.07) is 6.25. The Morgan fingerprint density at radius 1 is 1.33 bits per heavy atom. The van der Waals surface area contributed by atoms with E-state index in [-0.39, 0.29) is 28.7 Å². The smallest absolute Gasteiger partial charge is 0.305 e. The monoisotopic (exact) mass is 310 g/mol. The molecule has 0 saturated heterocycles. The third-order valence-corrected chi connectivity index (χ3v) is 4.56. The minimum Gasteiger partial charge on any atom is -0.481 e. The highest BCUT2D eigenvalue weighted by atomic mass is 32.2. The number of nitrogen functional groups attached to an aromatic ring is 1. The average molecular weight is 310 g/mol. The maximum Gasteiger partial charge on any atom is 0.305 e. The van der Waals surface area contributed by atoms with Crippen molar-refractivity contribution in [2.24, 2.45) is 0 Å². The van der Waals surface area contributed by atoms with E-state index in [0.29, 0.717) is 0 Å². The summed E-state index contributed by atoms with van der Waals surface area (Å²) >= 11 is 0. The fourth-order valence-corrected chi connectivity index (χ4v) is 2.93. The van der Waals surface area contributed by atoms with Crippen LogP contribution in [0.3, 0.4) is 0 Å². The summed E-state index contributed by atoms with van der Waals surface area (Å²) < 4.78 is 25.9. The molecule has 9 heteroatoms. The second-order valence-electron chi connectivity index (χ2n) is 4.46. The number of rotatable bonds is 5. The number of hydrogen-bond acceptors (Lipinski definition) is 6. The number of aromatic nitrogens is 3. The van der Waals surface area contributed by atoms with Crippen molar-refractivity contribution in [2.45, 2.75) is 29.8 Å². The molecule has 2 aromatic rings. The lowest BCUT2D eigenvalue weighted by molar-refractivity contribution is -0.137. The molecule has 0 saturated carbocycles. The normalized spacial score (nSPS) is 11.5. The highest BCUT2D eigenvalue weighted by Crippen LogP contribution is 2.23. The molecular weight excluding hydrogens is 296 g/mol. The summed E-state index contributed by atoms with van der Waals surface area (Å²) in [6.07, 6.45) is -0.225. The molecule has 0 atom stereocenters. The second kappa shape index (κ2) is 5.52. The number of aryl methyl sites for hydroxylation is 2.